The van der Waals surface area contributed by atoms with E-state index in [2.05, 4.69) is 15.4 Å². The first kappa shape index (κ1) is 45.3. The highest BCUT2D eigenvalue weighted by Crippen LogP contribution is 2.39. The molecule has 5 rings (SSSR count). The maximum atomic E-state index is 14.6. The van der Waals surface area contributed by atoms with Gasteiger partial charge >= 0.3 is 12.1 Å². The van der Waals surface area contributed by atoms with E-state index in [1.807, 2.05) is 55.7 Å². The smallest absolute Gasteiger partial charge is 0.425 e. The van der Waals surface area contributed by atoms with Gasteiger partial charge < -0.3 is 38.3 Å². The quantitative estimate of drug-likeness (QED) is 0.243. The molecule has 0 saturated carbocycles. The van der Waals surface area contributed by atoms with Gasteiger partial charge in [0.05, 0.1) is 29.8 Å². The summed E-state index contributed by atoms with van der Waals surface area (Å²) in [5.74, 6) is -5.07. The first-order valence-electron chi connectivity index (χ1n) is 20.6. The number of likely N-dealkylation sites (N-methyl/N-ethyl adjacent to an activating group) is 1. The van der Waals surface area contributed by atoms with E-state index in [4.69, 9.17) is 23.7 Å². The van der Waals surface area contributed by atoms with Gasteiger partial charge in [0.1, 0.15) is 30.0 Å². The number of Topliss-reactive ketones (excluding diaryl/α,β-unsaturated/α-hetero) is 2. The highest BCUT2D eigenvalue weighted by Gasteiger charge is 2.54. The number of aliphatic hydroxyl groups is 1. The average Bonchev–Trinajstić information content (AvgIpc) is 3.83. The number of cyclic esters (lactones) is 1. The molecule has 0 radical (unpaired) electrons. The topological polar surface area (TPSA) is 184 Å². The van der Waals surface area contributed by atoms with Crippen molar-refractivity contribution in [2.24, 2.45) is 23.7 Å². The van der Waals surface area contributed by atoms with Crippen LogP contribution in [0.3, 0.4) is 0 Å². The molecule has 3 aliphatic rings. The third-order valence-electron chi connectivity index (χ3n) is 12.5. The Hall–Kier alpha value is -3.80. The molecule has 322 valence electrons. The number of pyridine rings is 1. The molecule has 0 aliphatic carbocycles. The van der Waals surface area contributed by atoms with Crippen LogP contribution in [0.5, 0.6) is 0 Å². The number of amides is 1. The number of aliphatic hydroxyl groups excluding tert-OH is 1. The van der Waals surface area contributed by atoms with Gasteiger partial charge in [-0.3, -0.25) is 19.4 Å². The van der Waals surface area contributed by atoms with Crippen LogP contribution in [0.1, 0.15) is 87.1 Å². The number of rotatable bonds is 11. The first-order chi connectivity index (χ1) is 27.4. The number of aromatic nitrogens is 3. The Morgan fingerprint density at radius 1 is 1.09 bits per heavy atom. The summed E-state index contributed by atoms with van der Waals surface area (Å²) in [5.41, 5.74) is 3.64. The minimum absolute atomic E-state index is 0.00679. The van der Waals surface area contributed by atoms with Gasteiger partial charge in [-0.1, -0.05) is 27.7 Å². The standard InChI is InChI=1S/C42H64N6O10/c1-12-32-37-33(48(41(53)57-37)45-17-15-24(3)47-21-30(44-22-47)29-14-13-16-43-20-29)26(5)34(49)23(2)19-42(8,54-11)38(27(6)35(50)28(7)39(52)56-32)58-40-36(51)31(46(9)10)18-25(4)55-40/h13-14,16,20-28,31-33,36-38,40,45,51H,12,15,17-19H2,1-11H3/t23-,24?,25?,26-,27?,28?,31?,32?,33-,36-,37?,38-,40?,42+/m1/s1. The number of esters is 1. The van der Waals surface area contributed by atoms with E-state index in [-0.39, 0.29) is 36.8 Å². The summed E-state index contributed by atoms with van der Waals surface area (Å²) < 4.78 is 32.8. The third-order valence-corrected chi connectivity index (χ3v) is 12.5. The molecule has 0 aromatic carbocycles. The van der Waals surface area contributed by atoms with E-state index in [1.165, 1.54) is 19.0 Å². The van der Waals surface area contributed by atoms with Crippen molar-refractivity contribution < 1.29 is 48.0 Å². The molecule has 2 aromatic heterocycles. The van der Waals surface area contributed by atoms with Crippen LogP contribution in [-0.2, 0) is 38.1 Å². The van der Waals surface area contributed by atoms with E-state index in [1.54, 1.807) is 53.3 Å². The molecule has 5 heterocycles. The summed E-state index contributed by atoms with van der Waals surface area (Å²) >= 11 is 0. The number of hydrogen-bond acceptors (Lipinski definition) is 14. The van der Waals surface area contributed by atoms with E-state index < -0.39 is 83.9 Å². The zero-order chi connectivity index (χ0) is 42.6. The molecule has 0 bridgehead atoms. The summed E-state index contributed by atoms with van der Waals surface area (Å²) in [5, 5.41) is 12.8. The van der Waals surface area contributed by atoms with E-state index in [0.29, 0.717) is 19.4 Å². The summed E-state index contributed by atoms with van der Waals surface area (Å²) in [4.78, 5) is 67.0. The Morgan fingerprint density at radius 2 is 1.81 bits per heavy atom. The Morgan fingerprint density at radius 3 is 2.45 bits per heavy atom. The molecule has 0 spiro atoms. The van der Waals surface area contributed by atoms with E-state index >= 15 is 0 Å². The van der Waals surface area contributed by atoms with Gasteiger partial charge in [0.15, 0.2) is 18.2 Å². The van der Waals surface area contributed by atoms with Crippen molar-refractivity contribution in [3.8, 4) is 11.3 Å². The maximum Gasteiger partial charge on any atom is 0.425 e. The Kier molecular flexibility index (Phi) is 14.9. The first-order valence-corrected chi connectivity index (χ1v) is 20.6. The van der Waals surface area contributed by atoms with Crippen LogP contribution in [0.25, 0.3) is 11.3 Å². The van der Waals surface area contributed by atoms with Crippen molar-refractivity contribution >= 4 is 23.6 Å². The fourth-order valence-corrected chi connectivity index (χ4v) is 8.79. The minimum atomic E-state index is -1.28. The number of hydrazine groups is 1. The van der Waals surface area contributed by atoms with Crippen molar-refractivity contribution in [3.05, 3.63) is 37.1 Å². The fourth-order valence-electron chi connectivity index (χ4n) is 8.79. The number of nitrogens with zero attached hydrogens (tertiary/aromatic N) is 5. The number of carbonyl (C=O) groups is 4. The van der Waals surface area contributed by atoms with Crippen LogP contribution >= 0.6 is 0 Å². The molecule has 3 saturated heterocycles. The molecular weight excluding hydrogens is 748 g/mol. The van der Waals surface area contributed by atoms with Gasteiger partial charge in [0.2, 0.25) is 0 Å². The van der Waals surface area contributed by atoms with Crippen molar-refractivity contribution in [1.82, 2.24) is 29.9 Å². The molecule has 14 atom stereocenters. The third kappa shape index (κ3) is 9.63. The highest BCUT2D eigenvalue weighted by atomic mass is 16.7. The van der Waals surface area contributed by atoms with Crippen LogP contribution in [0.15, 0.2) is 37.1 Å². The molecule has 16 nitrogen and oxygen atoms in total. The lowest BCUT2D eigenvalue weighted by Gasteiger charge is -2.46. The van der Waals surface area contributed by atoms with Crippen LogP contribution in [0, 0.1) is 23.7 Å². The van der Waals surface area contributed by atoms with Gasteiger partial charge in [-0.15, -0.1) is 0 Å². The summed E-state index contributed by atoms with van der Waals surface area (Å²) in [6.07, 6.45) is 2.56. The largest absolute Gasteiger partial charge is 0.458 e. The van der Waals surface area contributed by atoms with Crippen molar-refractivity contribution in [3.63, 3.8) is 0 Å². The monoisotopic (exact) mass is 812 g/mol. The van der Waals surface area contributed by atoms with Crippen LogP contribution in [-0.4, -0.2) is 135 Å². The molecule has 2 N–H and O–H groups in total. The van der Waals surface area contributed by atoms with Gasteiger partial charge in [0, 0.05) is 67.6 Å². The maximum absolute atomic E-state index is 14.6. The molecule has 16 heteroatoms. The normalized spacial score (nSPS) is 36.0. The second-order valence-electron chi connectivity index (χ2n) is 16.9. The lowest BCUT2D eigenvalue weighted by molar-refractivity contribution is -0.295. The van der Waals surface area contributed by atoms with Crippen LogP contribution < -0.4 is 5.43 Å². The summed E-state index contributed by atoms with van der Waals surface area (Å²) in [6, 6.07) is 2.65. The lowest BCUT2D eigenvalue weighted by atomic mass is 9.75. The van der Waals surface area contributed by atoms with Crippen LogP contribution in [0.4, 0.5) is 4.79 Å². The average molecular weight is 813 g/mol. The Labute approximate surface area is 342 Å². The number of ketones is 2. The van der Waals surface area contributed by atoms with Gasteiger partial charge in [-0.2, -0.15) is 0 Å². The molecule has 3 fully saturated rings. The Balaban J connectivity index is 1.42. The van der Waals surface area contributed by atoms with Gasteiger partial charge in [-0.05, 0) is 79.6 Å². The number of nitrogens with one attached hydrogen (secondary N) is 1. The number of fused-ring (bicyclic) bond motifs is 1. The van der Waals surface area contributed by atoms with E-state index in [9.17, 15) is 24.3 Å². The zero-order valence-electron chi connectivity index (χ0n) is 35.9. The van der Waals surface area contributed by atoms with Crippen LogP contribution in [0.2, 0.25) is 0 Å². The lowest BCUT2D eigenvalue weighted by Crippen LogP contribution is -2.59. The van der Waals surface area contributed by atoms with Crippen molar-refractivity contribution in [1.29, 1.82) is 0 Å². The SMILES string of the molecule is CCC1OC(=O)C(C)C(=O)C(C)[C@@H](OC2OC(C)CC(N(C)C)[C@H]2O)[C@@](C)(OC)C[C@@H](C)C(=O)[C@H](C)[C@@H]2C1OC(=O)N2NCCC(C)n1cnc(-c2cccnc2)c1. The van der Waals surface area contributed by atoms with Gasteiger partial charge in [0.25, 0.3) is 0 Å². The number of methoxy groups -OCH3 is 1. The zero-order valence-corrected chi connectivity index (χ0v) is 35.9. The molecule has 1 amide bonds. The molecule has 3 aliphatic heterocycles. The molecule has 58 heavy (non-hydrogen) atoms. The number of imidazole rings is 1. The fraction of sp³-hybridized carbons (Fsp3) is 0.714. The molecule has 8 unspecified atom stereocenters. The second-order valence-corrected chi connectivity index (χ2v) is 16.9. The van der Waals surface area contributed by atoms with E-state index in [0.717, 1.165) is 11.3 Å². The second kappa shape index (κ2) is 19.1. The Bertz CT molecular complexity index is 1730. The van der Waals surface area contributed by atoms with Crippen molar-refractivity contribution in [2.75, 3.05) is 27.7 Å². The molecular formula is C42H64N6O10. The predicted molar refractivity (Wildman–Crippen MR) is 213 cm³/mol. The molecule has 2 aromatic rings. The highest BCUT2D eigenvalue weighted by molar-refractivity contribution is 6.00. The van der Waals surface area contributed by atoms with Crippen molar-refractivity contribution in [2.45, 2.75) is 142 Å². The summed E-state index contributed by atoms with van der Waals surface area (Å²) in [6.45, 7) is 14.5. The van der Waals surface area contributed by atoms with Gasteiger partial charge in [-0.25, -0.2) is 20.2 Å². The number of hydrogen-bond donors (Lipinski definition) is 2. The summed E-state index contributed by atoms with van der Waals surface area (Å²) in [7, 11) is 5.22. The number of carbonyl (C=O) groups excluding carboxylic acids is 4. The predicted octanol–water partition coefficient (Wildman–Crippen LogP) is 4.21. The minimum Gasteiger partial charge on any atom is -0.458 e. The number of ether oxygens (including phenoxy) is 5.